The topological polar surface area (TPSA) is 84.4 Å². The molecule has 8 nitrogen and oxygen atoms in total. The van der Waals surface area contributed by atoms with Crippen molar-refractivity contribution in [3.63, 3.8) is 0 Å². The predicted molar refractivity (Wildman–Crippen MR) is 132 cm³/mol. The molecule has 8 heteroatoms. The first-order valence-electron chi connectivity index (χ1n) is 11.7. The molecule has 3 aromatic carbocycles. The van der Waals surface area contributed by atoms with E-state index in [-0.39, 0.29) is 6.10 Å². The lowest BCUT2D eigenvalue weighted by Gasteiger charge is -2.24. The molecule has 0 fully saturated rings. The molecular formula is C28H24N4O4. The van der Waals surface area contributed by atoms with E-state index in [2.05, 4.69) is 10.1 Å². The molecule has 2 aromatic heterocycles. The van der Waals surface area contributed by atoms with Crippen molar-refractivity contribution in [3.8, 4) is 34.5 Å². The van der Waals surface area contributed by atoms with E-state index in [1.807, 2.05) is 89.6 Å². The Kier molecular flexibility index (Phi) is 5.93. The zero-order valence-corrected chi connectivity index (χ0v) is 19.7. The molecule has 36 heavy (non-hydrogen) atoms. The summed E-state index contributed by atoms with van der Waals surface area (Å²) >= 11 is 0. The first-order chi connectivity index (χ1) is 17.8. The standard InChI is InChI=1S/C28H24N4O4/c1-33-22-13-11-20(12-14-22)26-16-32-21(18-35-26)15-24(30-32)28-29-27(31-36-28)23-9-5-6-10-25(23)34-17-19-7-3-2-4-8-19/h2-15,26H,16-18H2,1H3. The van der Waals surface area contributed by atoms with Gasteiger partial charge in [0, 0.05) is 0 Å². The Hall–Kier alpha value is -4.43. The fourth-order valence-corrected chi connectivity index (χ4v) is 4.20. The summed E-state index contributed by atoms with van der Waals surface area (Å²) in [7, 11) is 1.66. The van der Waals surface area contributed by atoms with Crippen molar-refractivity contribution in [1.29, 1.82) is 0 Å². The van der Waals surface area contributed by atoms with Gasteiger partial charge in [-0.15, -0.1) is 0 Å². The summed E-state index contributed by atoms with van der Waals surface area (Å²) in [5, 5.41) is 8.93. The van der Waals surface area contributed by atoms with E-state index in [1.54, 1.807) is 7.11 Å². The van der Waals surface area contributed by atoms with Crippen molar-refractivity contribution in [1.82, 2.24) is 19.9 Å². The van der Waals surface area contributed by atoms with Gasteiger partial charge in [-0.3, -0.25) is 4.68 Å². The molecule has 1 unspecified atom stereocenters. The van der Waals surface area contributed by atoms with E-state index in [0.717, 1.165) is 28.1 Å². The van der Waals surface area contributed by atoms with Crippen molar-refractivity contribution in [2.75, 3.05) is 7.11 Å². The van der Waals surface area contributed by atoms with Gasteiger partial charge in [0.2, 0.25) is 5.82 Å². The van der Waals surface area contributed by atoms with Gasteiger partial charge in [0.05, 0.1) is 31.5 Å². The molecule has 5 aromatic rings. The van der Waals surface area contributed by atoms with E-state index in [1.165, 1.54) is 0 Å². The van der Waals surface area contributed by atoms with Crippen LogP contribution in [-0.4, -0.2) is 27.0 Å². The minimum absolute atomic E-state index is 0.0944. The molecule has 1 aliphatic rings. The maximum atomic E-state index is 6.08. The third-order valence-corrected chi connectivity index (χ3v) is 6.13. The average Bonchev–Trinajstić information content (AvgIpc) is 3.60. The van der Waals surface area contributed by atoms with Crippen LogP contribution in [-0.2, 0) is 24.5 Å². The van der Waals surface area contributed by atoms with Gasteiger partial charge < -0.3 is 18.7 Å². The zero-order valence-electron chi connectivity index (χ0n) is 19.7. The van der Waals surface area contributed by atoms with Crippen LogP contribution in [0.2, 0.25) is 0 Å². The Morgan fingerprint density at radius 3 is 2.61 bits per heavy atom. The van der Waals surface area contributed by atoms with E-state index in [9.17, 15) is 0 Å². The Balaban J connectivity index is 1.20. The zero-order chi connectivity index (χ0) is 24.3. The van der Waals surface area contributed by atoms with Crippen LogP contribution in [0.25, 0.3) is 23.0 Å². The smallest absolute Gasteiger partial charge is 0.278 e. The molecule has 0 saturated carbocycles. The Labute approximate surface area is 208 Å². The number of rotatable bonds is 7. The van der Waals surface area contributed by atoms with Gasteiger partial charge >= 0.3 is 0 Å². The predicted octanol–water partition coefficient (Wildman–Crippen LogP) is 5.46. The number of fused-ring (bicyclic) bond motifs is 1. The summed E-state index contributed by atoms with van der Waals surface area (Å²) in [4.78, 5) is 4.62. The molecule has 3 heterocycles. The molecule has 0 radical (unpaired) electrons. The molecule has 0 bridgehead atoms. The van der Waals surface area contributed by atoms with Crippen LogP contribution < -0.4 is 9.47 Å². The fourth-order valence-electron chi connectivity index (χ4n) is 4.20. The normalized spacial score (nSPS) is 14.9. The lowest BCUT2D eigenvalue weighted by molar-refractivity contribution is -0.00115. The van der Waals surface area contributed by atoms with Crippen LogP contribution in [0.5, 0.6) is 11.5 Å². The lowest BCUT2D eigenvalue weighted by Crippen LogP contribution is -2.21. The van der Waals surface area contributed by atoms with Crippen molar-refractivity contribution >= 4 is 0 Å². The Morgan fingerprint density at radius 1 is 0.972 bits per heavy atom. The van der Waals surface area contributed by atoms with Crippen LogP contribution in [0.3, 0.4) is 0 Å². The van der Waals surface area contributed by atoms with Gasteiger partial charge in [0.25, 0.3) is 5.89 Å². The van der Waals surface area contributed by atoms with Crippen LogP contribution in [0.4, 0.5) is 0 Å². The van der Waals surface area contributed by atoms with Gasteiger partial charge in [-0.1, -0.05) is 59.8 Å². The molecule has 6 rings (SSSR count). The van der Waals surface area contributed by atoms with E-state index in [4.69, 9.17) is 23.8 Å². The molecule has 1 aliphatic heterocycles. The van der Waals surface area contributed by atoms with Crippen LogP contribution >= 0.6 is 0 Å². The van der Waals surface area contributed by atoms with E-state index < -0.39 is 0 Å². The SMILES string of the molecule is COc1ccc(C2Cn3nc(-c4nc(-c5ccccc5OCc5ccccc5)no4)cc3CO2)cc1. The van der Waals surface area contributed by atoms with Crippen LogP contribution in [0, 0.1) is 0 Å². The number of aromatic nitrogens is 4. The summed E-state index contributed by atoms with van der Waals surface area (Å²) in [6.45, 7) is 1.49. The Morgan fingerprint density at radius 2 is 1.78 bits per heavy atom. The summed E-state index contributed by atoms with van der Waals surface area (Å²) in [6.07, 6.45) is -0.0944. The number of ether oxygens (including phenoxy) is 3. The summed E-state index contributed by atoms with van der Waals surface area (Å²) < 4.78 is 24.9. The van der Waals surface area contributed by atoms with Crippen LogP contribution in [0.1, 0.15) is 22.9 Å². The molecule has 0 spiro atoms. The summed E-state index contributed by atoms with van der Waals surface area (Å²) in [5.74, 6) is 2.31. The number of methoxy groups -OCH3 is 1. The van der Waals surface area contributed by atoms with Gasteiger partial charge in [-0.2, -0.15) is 10.1 Å². The van der Waals surface area contributed by atoms with Crippen molar-refractivity contribution in [2.45, 2.75) is 25.9 Å². The minimum atomic E-state index is -0.0944. The van der Waals surface area contributed by atoms with Gasteiger partial charge in [-0.25, -0.2) is 0 Å². The quantitative estimate of drug-likeness (QED) is 0.306. The molecule has 0 amide bonds. The monoisotopic (exact) mass is 480 g/mol. The van der Waals surface area contributed by atoms with Gasteiger partial charge in [0.15, 0.2) is 5.69 Å². The third-order valence-electron chi connectivity index (χ3n) is 6.13. The first-order valence-corrected chi connectivity index (χ1v) is 11.7. The third kappa shape index (κ3) is 4.46. The highest BCUT2D eigenvalue weighted by atomic mass is 16.5. The average molecular weight is 481 g/mol. The highest BCUT2D eigenvalue weighted by Gasteiger charge is 2.25. The highest BCUT2D eigenvalue weighted by Crippen LogP contribution is 2.32. The number of nitrogens with zero attached hydrogens (tertiary/aromatic N) is 4. The second kappa shape index (κ2) is 9.67. The van der Waals surface area contributed by atoms with Crippen LogP contribution in [0.15, 0.2) is 89.5 Å². The van der Waals surface area contributed by atoms with E-state index >= 15 is 0 Å². The van der Waals surface area contributed by atoms with Gasteiger partial charge in [-0.05, 0) is 41.5 Å². The number of hydrogen-bond acceptors (Lipinski definition) is 7. The molecule has 180 valence electrons. The van der Waals surface area contributed by atoms with Gasteiger partial charge in [0.1, 0.15) is 24.2 Å². The number of hydrogen-bond donors (Lipinski definition) is 0. The largest absolute Gasteiger partial charge is 0.497 e. The molecule has 0 saturated heterocycles. The molecular weight excluding hydrogens is 456 g/mol. The van der Waals surface area contributed by atoms with E-state index in [0.29, 0.717) is 42.9 Å². The minimum Gasteiger partial charge on any atom is -0.497 e. The summed E-state index contributed by atoms with van der Waals surface area (Å²) in [5.41, 5.74) is 4.49. The maximum Gasteiger partial charge on any atom is 0.278 e. The van der Waals surface area contributed by atoms with Crippen molar-refractivity contribution in [2.24, 2.45) is 0 Å². The maximum absolute atomic E-state index is 6.08. The highest BCUT2D eigenvalue weighted by molar-refractivity contribution is 5.65. The lowest BCUT2D eigenvalue weighted by atomic mass is 10.1. The molecule has 0 aliphatic carbocycles. The second-order valence-corrected chi connectivity index (χ2v) is 8.47. The first kappa shape index (κ1) is 22.1. The second-order valence-electron chi connectivity index (χ2n) is 8.47. The number of benzene rings is 3. The number of para-hydroxylation sites is 1. The van der Waals surface area contributed by atoms with Crippen molar-refractivity contribution < 1.29 is 18.7 Å². The van der Waals surface area contributed by atoms with Crippen molar-refractivity contribution in [3.05, 3.63) is 102 Å². The molecule has 1 atom stereocenters. The fraction of sp³-hybridized carbons (Fsp3) is 0.179. The molecule has 0 N–H and O–H groups in total. The Bertz CT molecular complexity index is 1460. The summed E-state index contributed by atoms with van der Waals surface area (Å²) in [6, 6.07) is 27.5.